The molecule has 1 amide bonds. The number of amides is 1. The Morgan fingerprint density at radius 1 is 1.18 bits per heavy atom. The molecule has 0 bridgehead atoms. The number of halogens is 1. The molecule has 8 heteroatoms. The predicted octanol–water partition coefficient (Wildman–Crippen LogP) is 3.93. The number of nitrogens with zero attached hydrogens (tertiary/aromatic N) is 2. The number of ether oxygens (including phenoxy) is 1. The van der Waals surface area contributed by atoms with Gasteiger partial charge in [-0.3, -0.25) is 9.59 Å². The van der Waals surface area contributed by atoms with Crippen molar-refractivity contribution in [1.82, 2.24) is 9.78 Å². The molecule has 28 heavy (non-hydrogen) atoms. The van der Waals surface area contributed by atoms with Gasteiger partial charge in [0.15, 0.2) is 0 Å². The average Bonchev–Trinajstić information content (AvgIpc) is 2.69. The van der Waals surface area contributed by atoms with Crippen molar-refractivity contribution >= 4 is 35.0 Å². The van der Waals surface area contributed by atoms with Crippen molar-refractivity contribution < 1.29 is 9.53 Å². The topological polar surface area (TPSA) is 73.2 Å². The average molecular weight is 416 g/mol. The van der Waals surface area contributed by atoms with Gasteiger partial charge in [0.25, 0.3) is 5.56 Å². The minimum atomic E-state index is -0.254. The number of methoxy groups -OCH3 is 1. The molecule has 0 atom stereocenters. The highest BCUT2D eigenvalue weighted by Crippen LogP contribution is 2.21. The number of nitrogens with one attached hydrogen (secondary N) is 1. The molecule has 1 N–H and O–H groups in total. The third-order valence-electron chi connectivity index (χ3n) is 3.91. The van der Waals surface area contributed by atoms with Crippen LogP contribution in [0.15, 0.2) is 64.4 Å². The van der Waals surface area contributed by atoms with Crippen LogP contribution in [0.1, 0.15) is 5.56 Å². The van der Waals surface area contributed by atoms with Gasteiger partial charge in [-0.05, 0) is 61.0 Å². The van der Waals surface area contributed by atoms with Crippen molar-refractivity contribution in [1.29, 1.82) is 0 Å². The zero-order valence-corrected chi connectivity index (χ0v) is 16.9. The van der Waals surface area contributed by atoms with Gasteiger partial charge >= 0.3 is 0 Å². The molecule has 6 nitrogen and oxygen atoms in total. The van der Waals surface area contributed by atoms with E-state index in [0.717, 1.165) is 5.56 Å². The van der Waals surface area contributed by atoms with Crippen molar-refractivity contribution in [3.8, 4) is 11.4 Å². The normalized spacial score (nSPS) is 10.5. The van der Waals surface area contributed by atoms with Crippen LogP contribution in [-0.2, 0) is 4.79 Å². The number of benzene rings is 2. The van der Waals surface area contributed by atoms with Gasteiger partial charge in [0.1, 0.15) is 10.8 Å². The van der Waals surface area contributed by atoms with E-state index in [1.54, 1.807) is 55.6 Å². The summed E-state index contributed by atoms with van der Waals surface area (Å²) < 4.78 is 6.42. The maximum Gasteiger partial charge on any atom is 0.271 e. The number of hydrogen-bond acceptors (Lipinski definition) is 5. The van der Waals surface area contributed by atoms with Crippen molar-refractivity contribution in [2.24, 2.45) is 0 Å². The predicted molar refractivity (Wildman–Crippen MR) is 112 cm³/mol. The Hall–Kier alpha value is -2.77. The summed E-state index contributed by atoms with van der Waals surface area (Å²) in [5.74, 6) is 0.687. The molecular weight excluding hydrogens is 398 g/mol. The number of aromatic nitrogens is 2. The van der Waals surface area contributed by atoms with E-state index >= 15 is 0 Å². The smallest absolute Gasteiger partial charge is 0.271 e. The summed E-state index contributed by atoms with van der Waals surface area (Å²) in [6.45, 7) is 1.88. The SMILES string of the molecule is COc1ccc(-n2nc(SCC(=O)Nc3ccc(Cl)cc3C)ccc2=O)cc1. The fraction of sp³-hybridized carbons (Fsp3) is 0.150. The molecule has 3 rings (SSSR count). The summed E-state index contributed by atoms with van der Waals surface area (Å²) in [6, 6.07) is 15.3. The molecule has 0 aliphatic heterocycles. The second kappa shape index (κ2) is 8.95. The lowest BCUT2D eigenvalue weighted by molar-refractivity contribution is -0.113. The van der Waals surface area contributed by atoms with Crippen LogP contribution in [0.2, 0.25) is 5.02 Å². The quantitative estimate of drug-likeness (QED) is 0.617. The Morgan fingerprint density at radius 3 is 2.61 bits per heavy atom. The van der Waals surface area contributed by atoms with Crippen LogP contribution < -0.4 is 15.6 Å². The van der Waals surface area contributed by atoms with E-state index in [0.29, 0.717) is 27.2 Å². The minimum Gasteiger partial charge on any atom is -0.497 e. The molecule has 144 valence electrons. The van der Waals surface area contributed by atoms with Gasteiger partial charge in [0.2, 0.25) is 5.91 Å². The van der Waals surface area contributed by atoms with E-state index in [-0.39, 0.29) is 17.2 Å². The lowest BCUT2D eigenvalue weighted by Crippen LogP contribution is -2.21. The van der Waals surface area contributed by atoms with E-state index in [1.807, 2.05) is 6.92 Å². The molecule has 2 aromatic carbocycles. The number of carbonyl (C=O) groups excluding carboxylic acids is 1. The second-order valence-electron chi connectivity index (χ2n) is 5.92. The van der Waals surface area contributed by atoms with E-state index in [4.69, 9.17) is 16.3 Å². The van der Waals surface area contributed by atoms with Gasteiger partial charge in [-0.15, -0.1) is 0 Å². The molecule has 0 aliphatic carbocycles. The van der Waals surface area contributed by atoms with Crippen LogP contribution in [0.5, 0.6) is 5.75 Å². The molecule has 0 fully saturated rings. The van der Waals surface area contributed by atoms with Crippen molar-refractivity contribution in [2.75, 3.05) is 18.2 Å². The zero-order valence-electron chi connectivity index (χ0n) is 15.3. The van der Waals surface area contributed by atoms with E-state index in [9.17, 15) is 9.59 Å². The summed E-state index contributed by atoms with van der Waals surface area (Å²) in [5, 5.41) is 8.37. The van der Waals surface area contributed by atoms with Gasteiger partial charge in [-0.1, -0.05) is 23.4 Å². The van der Waals surface area contributed by atoms with Crippen LogP contribution in [0, 0.1) is 6.92 Å². The molecule has 0 spiro atoms. The van der Waals surface area contributed by atoms with Gasteiger partial charge in [0, 0.05) is 16.8 Å². The Balaban J connectivity index is 1.69. The molecular formula is C20H18ClN3O3S. The van der Waals surface area contributed by atoms with Crippen LogP contribution in [-0.4, -0.2) is 28.6 Å². The molecule has 1 aromatic heterocycles. The molecule has 0 saturated heterocycles. The van der Waals surface area contributed by atoms with Crippen LogP contribution in [0.3, 0.4) is 0 Å². The minimum absolute atomic E-state index is 0.163. The lowest BCUT2D eigenvalue weighted by Gasteiger charge is -2.09. The zero-order chi connectivity index (χ0) is 20.1. The van der Waals surface area contributed by atoms with Crippen LogP contribution >= 0.6 is 23.4 Å². The fourth-order valence-electron chi connectivity index (χ4n) is 2.47. The van der Waals surface area contributed by atoms with E-state index < -0.39 is 0 Å². The van der Waals surface area contributed by atoms with Gasteiger partial charge in [-0.2, -0.15) is 9.78 Å². The highest BCUT2D eigenvalue weighted by Gasteiger charge is 2.09. The number of carbonyl (C=O) groups is 1. The summed E-state index contributed by atoms with van der Waals surface area (Å²) in [5.41, 5.74) is 1.97. The largest absolute Gasteiger partial charge is 0.497 e. The van der Waals surface area contributed by atoms with Crippen molar-refractivity contribution in [2.45, 2.75) is 11.9 Å². The summed E-state index contributed by atoms with van der Waals surface area (Å²) >= 11 is 7.18. The van der Waals surface area contributed by atoms with Crippen LogP contribution in [0.25, 0.3) is 5.69 Å². The molecule has 0 radical (unpaired) electrons. The van der Waals surface area contributed by atoms with Crippen LogP contribution in [0.4, 0.5) is 5.69 Å². The summed E-state index contributed by atoms with van der Waals surface area (Å²) in [6.07, 6.45) is 0. The van der Waals surface area contributed by atoms with Gasteiger partial charge in [-0.25, -0.2) is 0 Å². The van der Waals surface area contributed by atoms with E-state index in [1.165, 1.54) is 22.5 Å². The van der Waals surface area contributed by atoms with Gasteiger partial charge in [0.05, 0.1) is 18.6 Å². The first kappa shape index (κ1) is 20.0. The number of thioether (sulfide) groups is 1. The Kier molecular flexibility index (Phi) is 6.38. The Labute approximate surface area is 171 Å². The maximum atomic E-state index is 12.2. The third kappa shape index (κ3) is 4.94. The molecule has 0 unspecified atom stereocenters. The third-order valence-corrected chi connectivity index (χ3v) is 5.06. The fourth-order valence-corrected chi connectivity index (χ4v) is 3.35. The first-order valence-electron chi connectivity index (χ1n) is 8.40. The standard InChI is InChI=1S/C20H18ClN3O3S/c1-13-11-14(21)3-8-17(13)22-18(25)12-28-19-9-10-20(26)24(23-19)15-4-6-16(27-2)7-5-15/h3-11H,12H2,1-2H3,(H,22,25). The Bertz CT molecular complexity index is 1050. The van der Waals surface area contributed by atoms with Crippen molar-refractivity contribution in [3.63, 3.8) is 0 Å². The highest BCUT2D eigenvalue weighted by atomic mass is 35.5. The Morgan fingerprint density at radius 2 is 1.93 bits per heavy atom. The number of rotatable bonds is 6. The first-order valence-corrected chi connectivity index (χ1v) is 9.76. The molecule has 1 heterocycles. The summed E-state index contributed by atoms with van der Waals surface area (Å²) in [7, 11) is 1.58. The molecule has 0 saturated carbocycles. The maximum absolute atomic E-state index is 12.2. The lowest BCUT2D eigenvalue weighted by atomic mass is 10.2. The summed E-state index contributed by atoms with van der Waals surface area (Å²) in [4.78, 5) is 24.4. The number of aryl methyl sites for hydroxylation is 1. The van der Waals surface area contributed by atoms with Crippen molar-refractivity contribution in [3.05, 3.63) is 75.5 Å². The first-order chi connectivity index (χ1) is 13.5. The second-order valence-corrected chi connectivity index (χ2v) is 7.35. The highest BCUT2D eigenvalue weighted by molar-refractivity contribution is 7.99. The molecule has 3 aromatic rings. The molecule has 0 aliphatic rings. The van der Waals surface area contributed by atoms with Gasteiger partial charge < -0.3 is 10.1 Å². The van der Waals surface area contributed by atoms with E-state index in [2.05, 4.69) is 10.4 Å². The number of hydrogen-bond donors (Lipinski definition) is 1. The monoisotopic (exact) mass is 415 g/mol. The number of anilines is 1.